The molecule has 15 heavy (non-hydrogen) atoms. The van der Waals surface area contributed by atoms with Crippen molar-refractivity contribution in [2.45, 2.75) is 4.90 Å². The van der Waals surface area contributed by atoms with E-state index in [0.717, 1.165) is 6.07 Å². The molecule has 80 valence electrons. The highest BCUT2D eigenvalue weighted by molar-refractivity contribution is 7.89. The van der Waals surface area contributed by atoms with Crippen LogP contribution in [0.2, 0.25) is 0 Å². The minimum absolute atomic E-state index is 0.147. The van der Waals surface area contributed by atoms with Crippen LogP contribution in [0.1, 0.15) is 5.56 Å². The highest BCUT2D eigenvalue weighted by atomic mass is 32.2. The minimum atomic E-state index is -4.01. The lowest BCUT2D eigenvalue weighted by molar-refractivity contribution is 0.191. The maximum absolute atomic E-state index is 11.9. The van der Waals surface area contributed by atoms with Gasteiger partial charge in [-0.1, -0.05) is 6.07 Å². The van der Waals surface area contributed by atoms with Gasteiger partial charge in [0.25, 0.3) is 0 Å². The third-order valence-electron chi connectivity index (χ3n) is 1.62. The van der Waals surface area contributed by atoms with Gasteiger partial charge in [0.15, 0.2) is 0 Å². The number of hydrogen-bond donors (Lipinski definition) is 1. The Morgan fingerprint density at radius 1 is 1.53 bits per heavy atom. The lowest BCUT2D eigenvalue weighted by atomic mass is 10.2. The van der Waals surface area contributed by atoms with Gasteiger partial charge in [0.2, 0.25) is 16.9 Å². The van der Waals surface area contributed by atoms with Crippen LogP contribution in [0.4, 0.5) is 4.39 Å². The average Bonchev–Trinajstić information content (AvgIpc) is 2.16. The second kappa shape index (κ2) is 4.25. The van der Waals surface area contributed by atoms with E-state index in [1.807, 2.05) is 0 Å². The zero-order valence-electron chi connectivity index (χ0n) is 7.47. The molecule has 0 bridgehead atoms. The molecule has 1 aromatic rings. The Balaban J connectivity index is 3.44. The fraction of sp³-hybridized carbons (Fsp3) is 0.125. The van der Waals surface area contributed by atoms with Crippen LogP contribution in [0.5, 0.6) is 5.75 Å². The van der Waals surface area contributed by atoms with Crippen LogP contribution in [-0.4, -0.2) is 15.3 Å². The largest absolute Gasteiger partial charge is 0.461 e. The maximum Gasteiger partial charge on any atom is 0.239 e. The standard InChI is InChI=1S/C8H7FN2O3S/c9-5-14-7-2-1-3-8(6(7)4-10)15(11,12)13/h1-3H,5H2,(H2,11,12,13). The summed E-state index contributed by atoms with van der Waals surface area (Å²) in [5.74, 6) is -0.147. The Hall–Kier alpha value is -1.65. The Kier molecular flexibility index (Phi) is 3.24. The van der Waals surface area contributed by atoms with Crippen molar-refractivity contribution in [2.75, 3.05) is 6.86 Å². The molecule has 0 saturated carbocycles. The van der Waals surface area contributed by atoms with E-state index in [1.165, 1.54) is 12.1 Å². The zero-order valence-corrected chi connectivity index (χ0v) is 8.29. The van der Waals surface area contributed by atoms with E-state index in [0.29, 0.717) is 0 Å². The van der Waals surface area contributed by atoms with Crippen molar-refractivity contribution >= 4 is 10.0 Å². The van der Waals surface area contributed by atoms with E-state index in [-0.39, 0.29) is 16.2 Å². The number of benzene rings is 1. The van der Waals surface area contributed by atoms with Gasteiger partial charge in [0.05, 0.1) is 0 Å². The van der Waals surface area contributed by atoms with Crippen molar-refractivity contribution in [3.05, 3.63) is 23.8 Å². The monoisotopic (exact) mass is 230 g/mol. The van der Waals surface area contributed by atoms with E-state index in [1.54, 1.807) is 6.07 Å². The van der Waals surface area contributed by atoms with Crippen molar-refractivity contribution in [3.8, 4) is 11.8 Å². The topological polar surface area (TPSA) is 93.2 Å². The summed E-state index contributed by atoms with van der Waals surface area (Å²) in [6, 6.07) is 5.35. The Labute approximate surface area is 85.9 Å². The number of hydrogen-bond acceptors (Lipinski definition) is 4. The van der Waals surface area contributed by atoms with Crippen LogP contribution < -0.4 is 9.88 Å². The first-order valence-corrected chi connectivity index (χ1v) is 5.30. The Bertz CT molecular complexity index is 507. The predicted octanol–water partition coefficient (Wildman–Crippen LogP) is 0.511. The van der Waals surface area contributed by atoms with Crippen LogP contribution in [0.3, 0.4) is 0 Å². The summed E-state index contributed by atoms with van der Waals surface area (Å²) < 4.78 is 38.5. The highest BCUT2D eigenvalue weighted by Gasteiger charge is 2.17. The molecule has 0 radical (unpaired) electrons. The number of halogens is 1. The highest BCUT2D eigenvalue weighted by Crippen LogP contribution is 2.24. The average molecular weight is 230 g/mol. The molecule has 1 aromatic carbocycles. The lowest BCUT2D eigenvalue weighted by Gasteiger charge is -2.06. The molecular weight excluding hydrogens is 223 g/mol. The van der Waals surface area contributed by atoms with E-state index >= 15 is 0 Å². The molecule has 0 aromatic heterocycles. The fourth-order valence-electron chi connectivity index (χ4n) is 1.04. The van der Waals surface area contributed by atoms with Crippen molar-refractivity contribution in [2.24, 2.45) is 5.14 Å². The maximum atomic E-state index is 11.9. The van der Waals surface area contributed by atoms with Crippen molar-refractivity contribution in [1.29, 1.82) is 5.26 Å². The van der Waals surface area contributed by atoms with E-state index in [2.05, 4.69) is 4.74 Å². The zero-order chi connectivity index (χ0) is 11.5. The number of sulfonamides is 1. The van der Waals surface area contributed by atoms with Gasteiger partial charge in [-0.05, 0) is 12.1 Å². The molecule has 0 spiro atoms. The van der Waals surface area contributed by atoms with Gasteiger partial charge >= 0.3 is 0 Å². The number of rotatable bonds is 3. The molecule has 0 amide bonds. The van der Waals surface area contributed by atoms with Crippen LogP contribution in [0.15, 0.2) is 23.1 Å². The molecule has 0 saturated heterocycles. The third kappa shape index (κ3) is 2.43. The molecule has 0 unspecified atom stereocenters. The molecule has 0 aliphatic carbocycles. The van der Waals surface area contributed by atoms with Gasteiger partial charge in [0.1, 0.15) is 22.3 Å². The molecule has 0 atom stereocenters. The van der Waals surface area contributed by atoms with Crippen LogP contribution in [0.25, 0.3) is 0 Å². The summed E-state index contributed by atoms with van der Waals surface area (Å²) in [4.78, 5) is -0.379. The summed E-state index contributed by atoms with van der Waals surface area (Å²) in [7, 11) is -4.01. The van der Waals surface area contributed by atoms with Gasteiger partial charge in [-0.25, -0.2) is 17.9 Å². The number of ether oxygens (including phenoxy) is 1. The third-order valence-corrected chi connectivity index (χ3v) is 2.57. The molecule has 0 aliphatic rings. The van der Waals surface area contributed by atoms with Gasteiger partial charge in [-0.3, -0.25) is 0 Å². The van der Waals surface area contributed by atoms with Crippen molar-refractivity contribution in [3.63, 3.8) is 0 Å². The molecule has 0 heterocycles. The smallest absolute Gasteiger partial charge is 0.239 e. The number of nitrogens with zero attached hydrogens (tertiary/aromatic N) is 1. The van der Waals surface area contributed by atoms with Gasteiger partial charge in [-0.15, -0.1) is 0 Å². The second-order valence-electron chi connectivity index (χ2n) is 2.54. The second-order valence-corrected chi connectivity index (χ2v) is 4.07. The Morgan fingerprint density at radius 3 is 2.67 bits per heavy atom. The van der Waals surface area contributed by atoms with E-state index < -0.39 is 16.9 Å². The van der Waals surface area contributed by atoms with E-state index in [4.69, 9.17) is 10.4 Å². The summed E-state index contributed by atoms with van der Waals surface area (Å²) in [6.45, 7) is -1.15. The van der Waals surface area contributed by atoms with Gasteiger partial charge in [0, 0.05) is 0 Å². The first kappa shape index (κ1) is 11.4. The Morgan fingerprint density at radius 2 is 2.20 bits per heavy atom. The predicted molar refractivity (Wildman–Crippen MR) is 49.1 cm³/mol. The number of nitrogens with two attached hydrogens (primary N) is 1. The van der Waals surface area contributed by atoms with Crippen LogP contribution in [0, 0.1) is 11.3 Å². The number of primary sulfonamides is 1. The van der Waals surface area contributed by atoms with Gasteiger partial charge < -0.3 is 4.74 Å². The summed E-state index contributed by atoms with van der Waals surface area (Å²) in [6.07, 6.45) is 0. The van der Waals surface area contributed by atoms with E-state index in [9.17, 15) is 12.8 Å². The first-order valence-electron chi connectivity index (χ1n) is 3.75. The molecule has 5 nitrogen and oxygen atoms in total. The van der Waals surface area contributed by atoms with Crippen LogP contribution in [-0.2, 0) is 10.0 Å². The molecule has 7 heteroatoms. The fourth-order valence-corrected chi connectivity index (χ4v) is 1.74. The first-order chi connectivity index (χ1) is 7.00. The minimum Gasteiger partial charge on any atom is -0.461 e. The molecule has 1 rings (SSSR count). The number of alkyl halides is 1. The lowest BCUT2D eigenvalue weighted by Crippen LogP contribution is -2.14. The SMILES string of the molecule is N#Cc1c(OCF)cccc1S(N)(=O)=O. The normalized spacial score (nSPS) is 10.7. The summed E-state index contributed by atoms with van der Waals surface area (Å²) >= 11 is 0. The molecule has 0 fully saturated rings. The van der Waals surface area contributed by atoms with Crippen LogP contribution >= 0.6 is 0 Å². The van der Waals surface area contributed by atoms with Gasteiger partial charge in [-0.2, -0.15) is 5.26 Å². The quantitative estimate of drug-likeness (QED) is 0.818. The van der Waals surface area contributed by atoms with Crippen molar-refractivity contribution < 1.29 is 17.5 Å². The molecule has 2 N–H and O–H groups in total. The van der Waals surface area contributed by atoms with Crippen molar-refractivity contribution in [1.82, 2.24) is 0 Å². The number of nitriles is 1. The molecule has 0 aliphatic heterocycles. The summed E-state index contributed by atoms with van der Waals surface area (Å²) in [5, 5.41) is 13.6. The molecular formula is C8H7FN2O3S. The summed E-state index contributed by atoms with van der Waals surface area (Å²) in [5.41, 5.74) is -0.294.